The first-order chi connectivity index (χ1) is 9.72. The Morgan fingerprint density at radius 3 is 2.40 bits per heavy atom. The van der Waals surface area contributed by atoms with Crippen molar-refractivity contribution in [2.75, 3.05) is 17.2 Å². The van der Waals surface area contributed by atoms with E-state index in [1.807, 2.05) is 48.5 Å². The molecule has 0 saturated heterocycles. The summed E-state index contributed by atoms with van der Waals surface area (Å²) in [6.07, 6.45) is -0.394. The minimum atomic E-state index is -0.394. The van der Waals surface area contributed by atoms with Crippen LogP contribution in [0.3, 0.4) is 0 Å². The van der Waals surface area contributed by atoms with Gasteiger partial charge in [0.05, 0.1) is 24.5 Å². The molecule has 4 heteroatoms. The van der Waals surface area contributed by atoms with Gasteiger partial charge in [-0.2, -0.15) is 0 Å². The van der Waals surface area contributed by atoms with Crippen LogP contribution in [0.1, 0.15) is 12.5 Å². The Balaban J connectivity index is 2.30. The van der Waals surface area contributed by atoms with Crippen molar-refractivity contribution in [1.82, 2.24) is 0 Å². The van der Waals surface area contributed by atoms with Crippen LogP contribution in [0.2, 0.25) is 0 Å². The summed E-state index contributed by atoms with van der Waals surface area (Å²) >= 11 is 0. The lowest BCUT2D eigenvalue weighted by Crippen LogP contribution is -2.31. The van der Waals surface area contributed by atoms with Crippen LogP contribution >= 0.6 is 0 Å². The van der Waals surface area contributed by atoms with Crippen LogP contribution in [0.4, 0.5) is 16.2 Å². The number of nitrogen functional groups attached to an aromatic ring is 1. The highest BCUT2D eigenvalue weighted by atomic mass is 16.6. The van der Waals surface area contributed by atoms with Crippen molar-refractivity contribution >= 4 is 17.5 Å². The van der Waals surface area contributed by atoms with E-state index in [1.54, 1.807) is 17.9 Å². The fraction of sp³-hybridized carbons (Fsp3) is 0.188. The number of carbonyl (C=O) groups is 1. The second kappa shape index (κ2) is 6.61. The van der Waals surface area contributed by atoms with Crippen molar-refractivity contribution in [2.45, 2.75) is 13.5 Å². The molecule has 0 spiro atoms. The predicted molar refractivity (Wildman–Crippen MR) is 80.5 cm³/mol. The molecule has 0 heterocycles. The Kier molecular flexibility index (Phi) is 4.60. The lowest BCUT2D eigenvalue weighted by atomic mass is 10.2. The SMILES string of the molecule is CCOC(=O)N(Cc1ccccc1)c1ccccc1N. The molecule has 0 unspecified atom stereocenters. The topological polar surface area (TPSA) is 55.6 Å². The van der Waals surface area contributed by atoms with Crippen molar-refractivity contribution in [3.8, 4) is 0 Å². The maximum atomic E-state index is 12.1. The molecule has 1 amide bonds. The number of hydrogen-bond donors (Lipinski definition) is 1. The van der Waals surface area contributed by atoms with E-state index in [9.17, 15) is 4.79 Å². The van der Waals surface area contributed by atoms with E-state index in [2.05, 4.69) is 0 Å². The van der Waals surface area contributed by atoms with Crippen LogP contribution < -0.4 is 10.6 Å². The molecule has 0 fully saturated rings. The van der Waals surface area contributed by atoms with Gasteiger partial charge in [0.1, 0.15) is 0 Å². The molecule has 0 aliphatic carbocycles. The van der Waals surface area contributed by atoms with E-state index in [0.717, 1.165) is 5.56 Å². The summed E-state index contributed by atoms with van der Waals surface area (Å²) in [5, 5.41) is 0. The van der Waals surface area contributed by atoms with Crippen LogP contribution in [0.25, 0.3) is 0 Å². The van der Waals surface area contributed by atoms with E-state index < -0.39 is 6.09 Å². The average molecular weight is 270 g/mol. The maximum Gasteiger partial charge on any atom is 0.414 e. The van der Waals surface area contributed by atoms with Gasteiger partial charge in [-0.1, -0.05) is 42.5 Å². The van der Waals surface area contributed by atoms with E-state index in [4.69, 9.17) is 10.5 Å². The zero-order chi connectivity index (χ0) is 14.4. The lowest BCUT2D eigenvalue weighted by Gasteiger charge is -2.23. The highest BCUT2D eigenvalue weighted by molar-refractivity contribution is 5.91. The van der Waals surface area contributed by atoms with Gasteiger partial charge in [-0.25, -0.2) is 4.79 Å². The van der Waals surface area contributed by atoms with Crippen molar-refractivity contribution < 1.29 is 9.53 Å². The van der Waals surface area contributed by atoms with Crippen LogP contribution in [0, 0.1) is 0 Å². The number of anilines is 2. The summed E-state index contributed by atoms with van der Waals surface area (Å²) in [6.45, 7) is 2.54. The number of carbonyl (C=O) groups excluding carboxylic acids is 1. The quantitative estimate of drug-likeness (QED) is 0.866. The van der Waals surface area contributed by atoms with Gasteiger partial charge < -0.3 is 10.5 Å². The monoisotopic (exact) mass is 270 g/mol. The highest BCUT2D eigenvalue weighted by Gasteiger charge is 2.19. The van der Waals surface area contributed by atoms with Crippen molar-refractivity contribution in [1.29, 1.82) is 0 Å². The molecule has 0 aliphatic heterocycles. The van der Waals surface area contributed by atoms with Gasteiger partial charge in [0.25, 0.3) is 0 Å². The number of amides is 1. The lowest BCUT2D eigenvalue weighted by molar-refractivity contribution is 0.159. The van der Waals surface area contributed by atoms with Gasteiger partial charge in [-0.3, -0.25) is 4.90 Å². The van der Waals surface area contributed by atoms with E-state index in [1.165, 1.54) is 0 Å². The minimum absolute atomic E-state index is 0.330. The summed E-state index contributed by atoms with van der Waals surface area (Å²) in [5.74, 6) is 0. The van der Waals surface area contributed by atoms with E-state index in [-0.39, 0.29) is 0 Å². The van der Waals surface area contributed by atoms with Gasteiger partial charge in [-0.15, -0.1) is 0 Å². The molecule has 0 aromatic heterocycles. The molecular weight excluding hydrogens is 252 g/mol. The summed E-state index contributed by atoms with van der Waals surface area (Å²) < 4.78 is 5.12. The summed E-state index contributed by atoms with van der Waals surface area (Å²) in [4.78, 5) is 13.7. The molecule has 2 N–H and O–H groups in total. The molecule has 0 atom stereocenters. The van der Waals surface area contributed by atoms with Gasteiger partial charge in [0.2, 0.25) is 0 Å². The van der Waals surface area contributed by atoms with Crippen molar-refractivity contribution in [2.24, 2.45) is 0 Å². The highest BCUT2D eigenvalue weighted by Crippen LogP contribution is 2.25. The standard InChI is InChI=1S/C16H18N2O2/c1-2-20-16(19)18(12-13-8-4-3-5-9-13)15-11-7-6-10-14(15)17/h3-11H,2,12,17H2,1H3. The van der Waals surface area contributed by atoms with Gasteiger partial charge in [0, 0.05) is 0 Å². The molecule has 0 aliphatic rings. The zero-order valence-electron chi connectivity index (χ0n) is 11.5. The molecule has 2 aromatic carbocycles. The Hall–Kier alpha value is -2.49. The molecule has 20 heavy (non-hydrogen) atoms. The number of nitrogens with two attached hydrogens (primary N) is 1. The third kappa shape index (κ3) is 3.29. The Bertz CT molecular complexity index is 570. The fourth-order valence-corrected chi connectivity index (χ4v) is 1.95. The Labute approximate surface area is 118 Å². The summed E-state index contributed by atoms with van der Waals surface area (Å²) in [6, 6.07) is 17.0. The average Bonchev–Trinajstić information content (AvgIpc) is 2.47. The molecule has 0 saturated carbocycles. The summed E-state index contributed by atoms with van der Waals surface area (Å²) in [5.41, 5.74) is 8.19. The molecule has 0 radical (unpaired) electrons. The molecule has 2 rings (SSSR count). The smallest absolute Gasteiger partial charge is 0.414 e. The van der Waals surface area contributed by atoms with Crippen LogP contribution in [0.15, 0.2) is 54.6 Å². The van der Waals surface area contributed by atoms with Crippen molar-refractivity contribution in [3.63, 3.8) is 0 Å². The van der Waals surface area contributed by atoms with Crippen LogP contribution in [-0.4, -0.2) is 12.7 Å². The third-order valence-corrected chi connectivity index (χ3v) is 2.90. The maximum absolute atomic E-state index is 12.1. The Morgan fingerprint density at radius 2 is 1.75 bits per heavy atom. The number of nitrogens with zero attached hydrogens (tertiary/aromatic N) is 1. The molecule has 0 bridgehead atoms. The predicted octanol–water partition coefficient (Wildman–Crippen LogP) is 3.43. The second-order valence-electron chi connectivity index (χ2n) is 4.33. The first kappa shape index (κ1) is 13.9. The number of ether oxygens (including phenoxy) is 1. The molecule has 2 aromatic rings. The van der Waals surface area contributed by atoms with Gasteiger partial charge >= 0.3 is 6.09 Å². The zero-order valence-corrected chi connectivity index (χ0v) is 11.5. The number of para-hydroxylation sites is 2. The Morgan fingerprint density at radius 1 is 1.10 bits per heavy atom. The van der Waals surface area contributed by atoms with E-state index in [0.29, 0.717) is 24.5 Å². The minimum Gasteiger partial charge on any atom is -0.449 e. The van der Waals surface area contributed by atoms with Crippen molar-refractivity contribution in [3.05, 3.63) is 60.2 Å². The second-order valence-corrected chi connectivity index (χ2v) is 4.33. The largest absolute Gasteiger partial charge is 0.449 e. The number of hydrogen-bond acceptors (Lipinski definition) is 3. The number of benzene rings is 2. The van der Waals surface area contributed by atoms with Crippen LogP contribution in [-0.2, 0) is 11.3 Å². The molecule has 4 nitrogen and oxygen atoms in total. The molecule has 104 valence electrons. The third-order valence-electron chi connectivity index (χ3n) is 2.90. The first-order valence-electron chi connectivity index (χ1n) is 6.55. The van der Waals surface area contributed by atoms with Crippen LogP contribution in [0.5, 0.6) is 0 Å². The fourth-order valence-electron chi connectivity index (χ4n) is 1.95. The molecular formula is C16H18N2O2. The van der Waals surface area contributed by atoms with E-state index >= 15 is 0 Å². The van der Waals surface area contributed by atoms with Gasteiger partial charge in [0.15, 0.2) is 0 Å². The number of rotatable bonds is 4. The summed E-state index contributed by atoms with van der Waals surface area (Å²) in [7, 11) is 0. The van der Waals surface area contributed by atoms with Gasteiger partial charge in [-0.05, 0) is 24.6 Å². The normalized spacial score (nSPS) is 10.1. The first-order valence-corrected chi connectivity index (χ1v) is 6.55.